The lowest BCUT2D eigenvalue weighted by Crippen LogP contribution is -2.19. The molecule has 0 amide bonds. The standard InChI is InChI=1S/C30H44N2O4/c1-5-7-9-11-19-31-27-21-25(29(33)35-3)17-15-23(27)13-14-24-16-18-26(30(34)36-4)22-28(24)32-20-12-10-8-6-2/h13-15,17,21-22,31-32H,5-12,16,18-20H2,1-4H3/b14-13+. The molecule has 1 aromatic carbocycles. The van der Waals surface area contributed by atoms with E-state index in [9.17, 15) is 9.59 Å². The highest BCUT2D eigenvalue weighted by atomic mass is 16.5. The topological polar surface area (TPSA) is 76.7 Å². The van der Waals surface area contributed by atoms with E-state index in [0.29, 0.717) is 17.6 Å². The molecule has 0 saturated carbocycles. The molecule has 198 valence electrons. The molecule has 0 unspecified atom stereocenters. The van der Waals surface area contributed by atoms with E-state index >= 15 is 0 Å². The number of carbonyl (C=O) groups excluding carboxylic acids is 2. The van der Waals surface area contributed by atoms with Gasteiger partial charge in [-0.15, -0.1) is 0 Å². The second kappa shape index (κ2) is 16.6. The molecule has 2 N–H and O–H groups in total. The molecule has 2 rings (SSSR count). The predicted molar refractivity (Wildman–Crippen MR) is 148 cm³/mol. The largest absolute Gasteiger partial charge is 0.466 e. The maximum absolute atomic E-state index is 12.1. The summed E-state index contributed by atoms with van der Waals surface area (Å²) in [6, 6.07) is 5.61. The zero-order valence-corrected chi connectivity index (χ0v) is 22.6. The van der Waals surface area contributed by atoms with Crippen molar-refractivity contribution in [2.24, 2.45) is 0 Å². The molecule has 0 saturated heterocycles. The van der Waals surface area contributed by atoms with Crippen molar-refractivity contribution in [3.8, 4) is 0 Å². The van der Waals surface area contributed by atoms with Gasteiger partial charge < -0.3 is 20.1 Å². The Balaban J connectivity index is 2.27. The highest BCUT2D eigenvalue weighted by molar-refractivity contribution is 5.91. The Bertz CT molecular complexity index is 946. The number of anilines is 1. The second-order valence-electron chi connectivity index (χ2n) is 9.20. The average molecular weight is 497 g/mol. The zero-order chi connectivity index (χ0) is 26.2. The fraction of sp³-hybridized carbons (Fsp3) is 0.533. The molecule has 36 heavy (non-hydrogen) atoms. The number of ether oxygens (including phenoxy) is 2. The number of nitrogens with one attached hydrogen (secondary N) is 2. The number of methoxy groups -OCH3 is 2. The Morgan fingerprint density at radius 1 is 0.833 bits per heavy atom. The summed E-state index contributed by atoms with van der Waals surface area (Å²) in [6.45, 7) is 6.13. The van der Waals surface area contributed by atoms with E-state index in [1.54, 1.807) is 6.07 Å². The average Bonchev–Trinajstić information content (AvgIpc) is 2.91. The smallest absolute Gasteiger partial charge is 0.337 e. The summed E-state index contributed by atoms with van der Waals surface area (Å²) in [7, 11) is 2.82. The first-order chi connectivity index (χ1) is 17.5. The number of esters is 2. The third-order valence-electron chi connectivity index (χ3n) is 6.41. The van der Waals surface area contributed by atoms with Gasteiger partial charge in [0.2, 0.25) is 0 Å². The number of benzene rings is 1. The summed E-state index contributed by atoms with van der Waals surface area (Å²) in [5.74, 6) is -0.610. The molecule has 1 aromatic rings. The second-order valence-corrected chi connectivity index (χ2v) is 9.20. The Kier molecular flexibility index (Phi) is 13.5. The van der Waals surface area contributed by atoms with E-state index in [0.717, 1.165) is 54.9 Å². The molecule has 6 heteroatoms. The van der Waals surface area contributed by atoms with Crippen LogP contribution in [0, 0.1) is 0 Å². The lowest BCUT2D eigenvalue weighted by Gasteiger charge is -2.19. The molecule has 0 aliphatic heterocycles. The third kappa shape index (κ3) is 9.56. The first-order valence-electron chi connectivity index (χ1n) is 13.4. The van der Waals surface area contributed by atoms with Crippen LogP contribution >= 0.6 is 0 Å². The number of carbonyl (C=O) groups is 2. The molecular weight excluding hydrogens is 452 g/mol. The van der Waals surface area contributed by atoms with Gasteiger partial charge in [-0.25, -0.2) is 9.59 Å². The van der Waals surface area contributed by atoms with Gasteiger partial charge in [0.15, 0.2) is 0 Å². The van der Waals surface area contributed by atoms with E-state index in [2.05, 4.69) is 36.6 Å². The van der Waals surface area contributed by atoms with E-state index in [4.69, 9.17) is 9.47 Å². The number of rotatable bonds is 16. The van der Waals surface area contributed by atoms with Crippen molar-refractivity contribution in [1.29, 1.82) is 0 Å². The monoisotopic (exact) mass is 496 g/mol. The van der Waals surface area contributed by atoms with Crippen LogP contribution in [0.3, 0.4) is 0 Å². The summed E-state index contributed by atoms with van der Waals surface area (Å²) >= 11 is 0. The van der Waals surface area contributed by atoms with Gasteiger partial charge in [0, 0.05) is 30.0 Å². The highest BCUT2D eigenvalue weighted by Crippen LogP contribution is 2.27. The van der Waals surface area contributed by atoms with Crippen molar-refractivity contribution in [2.75, 3.05) is 32.6 Å². The van der Waals surface area contributed by atoms with E-state index in [1.807, 2.05) is 18.2 Å². The Hall–Kier alpha value is -3.02. The predicted octanol–water partition coefficient (Wildman–Crippen LogP) is 6.80. The maximum atomic E-state index is 12.1. The molecule has 6 nitrogen and oxygen atoms in total. The summed E-state index contributed by atoms with van der Waals surface area (Å²) in [6.07, 6.45) is 16.9. The fourth-order valence-electron chi connectivity index (χ4n) is 4.21. The van der Waals surface area contributed by atoms with Gasteiger partial charge in [-0.2, -0.15) is 0 Å². The van der Waals surface area contributed by atoms with Crippen molar-refractivity contribution in [1.82, 2.24) is 5.32 Å². The molecule has 0 fully saturated rings. The molecule has 0 bridgehead atoms. The quantitative estimate of drug-likeness (QED) is 0.194. The van der Waals surface area contributed by atoms with Gasteiger partial charge in [-0.3, -0.25) is 0 Å². The molecule has 0 aromatic heterocycles. The summed E-state index contributed by atoms with van der Waals surface area (Å²) in [5.41, 5.74) is 5.29. The lowest BCUT2D eigenvalue weighted by atomic mass is 9.94. The van der Waals surface area contributed by atoms with Crippen molar-refractivity contribution >= 4 is 23.7 Å². The number of unbranched alkanes of at least 4 members (excludes halogenated alkanes) is 6. The van der Waals surface area contributed by atoms with Crippen molar-refractivity contribution in [3.05, 3.63) is 58.3 Å². The van der Waals surface area contributed by atoms with Gasteiger partial charge in [0.1, 0.15) is 0 Å². The van der Waals surface area contributed by atoms with Gasteiger partial charge in [0.05, 0.1) is 19.8 Å². The summed E-state index contributed by atoms with van der Waals surface area (Å²) < 4.78 is 9.87. The molecule has 0 radical (unpaired) electrons. The normalized spacial score (nSPS) is 13.5. The first kappa shape index (κ1) is 29.2. The Labute approximate surface area is 217 Å². The molecular formula is C30H44N2O4. The third-order valence-corrected chi connectivity index (χ3v) is 6.41. The number of hydrogen-bond acceptors (Lipinski definition) is 6. The van der Waals surface area contributed by atoms with Crippen LogP contribution in [-0.2, 0) is 14.3 Å². The Morgan fingerprint density at radius 2 is 1.50 bits per heavy atom. The van der Waals surface area contributed by atoms with Crippen LogP contribution < -0.4 is 10.6 Å². The lowest BCUT2D eigenvalue weighted by molar-refractivity contribution is -0.136. The minimum absolute atomic E-state index is 0.267. The minimum Gasteiger partial charge on any atom is -0.466 e. The zero-order valence-electron chi connectivity index (χ0n) is 22.6. The fourth-order valence-corrected chi connectivity index (χ4v) is 4.21. The van der Waals surface area contributed by atoms with E-state index < -0.39 is 0 Å². The number of allylic oxidation sites excluding steroid dienone is 3. The van der Waals surface area contributed by atoms with Crippen LogP contribution in [0.1, 0.15) is 94.0 Å². The minimum atomic E-state index is -0.343. The first-order valence-corrected chi connectivity index (χ1v) is 13.4. The van der Waals surface area contributed by atoms with Crippen LogP contribution in [-0.4, -0.2) is 39.2 Å². The van der Waals surface area contributed by atoms with Crippen LogP contribution in [0.5, 0.6) is 0 Å². The summed E-state index contributed by atoms with van der Waals surface area (Å²) in [5, 5.41) is 7.05. The van der Waals surface area contributed by atoms with Gasteiger partial charge in [-0.05, 0) is 55.0 Å². The van der Waals surface area contributed by atoms with Crippen LogP contribution in [0.2, 0.25) is 0 Å². The molecule has 1 aliphatic rings. The molecule has 0 spiro atoms. The van der Waals surface area contributed by atoms with Gasteiger partial charge in [0.25, 0.3) is 0 Å². The Morgan fingerprint density at radius 3 is 2.14 bits per heavy atom. The maximum Gasteiger partial charge on any atom is 0.337 e. The molecule has 0 atom stereocenters. The molecule has 1 aliphatic carbocycles. The summed E-state index contributed by atoms with van der Waals surface area (Å²) in [4.78, 5) is 24.2. The van der Waals surface area contributed by atoms with E-state index in [1.165, 1.54) is 52.7 Å². The van der Waals surface area contributed by atoms with Gasteiger partial charge in [-0.1, -0.05) is 70.6 Å². The highest BCUT2D eigenvalue weighted by Gasteiger charge is 2.18. The van der Waals surface area contributed by atoms with Crippen molar-refractivity contribution in [2.45, 2.75) is 78.1 Å². The van der Waals surface area contributed by atoms with Gasteiger partial charge >= 0.3 is 11.9 Å². The van der Waals surface area contributed by atoms with Crippen molar-refractivity contribution in [3.63, 3.8) is 0 Å². The molecule has 0 heterocycles. The van der Waals surface area contributed by atoms with Crippen LogP contribution in [0.4, 0.5) is 5.69 Å². The van der Waals surface area contributed by atoms with Crippen molar-refractivity contribution < 1.29 is 19.1 Å². The SMILES string of the molecule is CCCCCCNC1=C(/C=C/c2ccc(C(=O)OC)cc2NCCCCCC)CCC(C(=O)OC)=C1. The van der Waals surface area contributed by atoms with Crippen LogP contribution in [0.15, 0.2) is 47.2 Å². The van der Waals surface area contributed by atoms with E-state index in [-0.39, 0.29) is 11.9 Å². The number of hydrogen-bond donors (Lipinski definition) is 2. The van der Waals surface area contributed by atoms with Crippen LogP contribution in [0.25, 0.3) is 6.08 Å².